The standard InChI is InChI=1S/C21H22F2N4O2/c1-12-15-4-7-29-20(15)25-18-11-27(10-16(12)18)21(28)13-3-6-26(9-13)14-2-5-24-17(8-14)19(22)23/h2,5,8,13,19H,3-4,6-7,9-11H2,1H3/t13-/m1/s1. The first-order valence-corrected chi connectivity index (χ1v) is 9.93. The van der Waals surface area contributed by atoms with Crippen LogP contribution in [0.4, 0.5) is 14.5 Å². The summed E-state index contributed by atoms with van der Waals surface area (Å²) in [6.45, 7) is 5.06. The van der Waals surface area contributed by atoms with Crippen molar-refractivity contribution in [3.8, 4) is 5.88 Å². The van der Waals surface area contributed by atoms with Gasteiger partial charge in [0.2, 0.25) is 11.8 Å². The number of halogens is 2. The van der Waals surface area contributed by atoms with Crippen LogP contribution in [0.2, 0.25) is 0 Å². The number of nitrogens with zero attached hydrogens (tertiary/aromatic N) is 4. The van der Waals surface area contributed by atoms with E-state index in [1.807, 2.05) is 9.80 Å². The highest BCUT2D eigenvalue weighted by atomic mass is 19.3. The second-order valence-corrected chi connectivity index (χ2v) is 7.91. The number of hydrogen-bond donors (Lipinski definition) is 0. The first kappa shape index (κ1) is 18.3. The minimum Gasteiger partial charge on any atom is -0.477 e. The maximum Gasteiger partial charge on any atom is 0.280 e. The van der Waals surface area contributed by atoms with Crippen LogP contribution in [0.5, 0.6) is 5.88 Å². The number of anilines is 1. The van der Waals surface area contributed by atoms with Gasteiger partial charge < -0.3 is 14.5 Å². The van der Waals surface area contributed by atoms with E-state index < -0.39 is 6.43 Å². The molecule has 0 spiro atoms. The molecule has 1 amide bonds. The molecule has 5 rings (SSSR count). The van der Waals surface area contributed by atoms with Crippen molar-refractivity contribution in [3.63, 3.8) is 0 Å². The zero-order valence-corrected chi connectivity index (χ0v) is 16.2. The third kappa shape index (κ3) is 3.10. The van der Waals surface area contributed by atoms with Crippen molar-refractivity contribution in [1.82, 2.24) is 14.9 Å². The number of amides is 1. The number of carbonyl (C=O) groups is 1. The molecule has 0 saturated carbocycles. The molecule has 0 bridgehead atoms. The van der Waals surface area contributed by atoms with Crippen LogP contribution in [-0.2, 0) is 24.3 Å². The van der Waals surface area contributed by atoms with Crippen molar-refractivity contribution >= 4 is 11.6 Å². The van der Waals surface area contributed by atoms with Gasteiger partial charge in [-0.2, -0.15) is 0 Å². The van der Waals surface area contributed by atoms with Crippen LogP contribution < -0.4 is 9.64 Å². The molecule has 1 atom stereocenters. The van der Waals surface area contributed by atoms with Crippen LogP contribution >= 0.6 is 0 Å². The van der Waals surface area contributed by atoms with Crippen molar-refractivity contribution in [2.75, 3.05) is 24.6 Å². The van der Waals surface area contributed by atoms with E-state index in [2.05, 4.69) is 16.9 Å². The Morgan fingerprint density at radius 2 is 2.17 bits per heavy atom. The molecule has 0 radical (unpaired) electrons. The molecule has 0 unspecified atom stereocenters. The van der Waals surface area contributed by atoms with E-state index in [-0.39, 0.29) is 17.5 Å². The summed E-state index contributed by atoms with van der Waals surface area (Å²) in [6, 6.07) is 3.14. The van der Waals surface area contributed by atoms with Crippen LogP contribution in [0.25, 0.3) is 0 Å². The van der Waals surface area contributed by atoms with Crippen LogP contribution in [0.1, 0.15) is 40.9 Å². The largest absolute Gasteiger partial charge is 0.477 e. The quantitative estimate of drug-likeness (QED) is 0.793. The molecule has 1 fully saturated rings. The lowest BCUT2D eigenvalue weighted by atomic mass is 10.0. The maximum atomic E-state index is 13.1. The van der Waals surface area contributed by atoms with Gasteiger partial charge in [-0.3, -0.25) is 9.78 Å². The fourth-order valence-corrected chi connectivity index (χ4v) is 4.61. The summed E-state index contributed by atoms with van der Waals surface area (Å²) in [5.74, 6) is 0.681. The van der Waals surface area contributed by atoms with Gasteiger partial charge in [0.1, 0.15) is 5.69 Å². The lowest BCUT2D eigenvalue weighted by Crippen LogP contribution is -2.34. The summed E-state index contributed by atoms with van der Waals surface area (Å²) in [6.07, 6.45) is 0.391. The third-order valence-corrected chi connectivity index (χ3v) is 6.23. The van der Waals surface area contributed by atoms with Crippen LogP contribution in [0.15, 0.2) is 18.3 Å². The molecule has 2 aromatic rings. The normalized spacial score (nSPS) is 20.2. The molecule has 1 saturated heterocycles. The number of carbonyl (C=O) groups excluding carboxylic acids is 1. The molecule has 3 aliphatic rings. The highest BCUT2D eigenvalue weighted by molar-refractivity contribution is 5.81. The van der Waals surface area contributed by atoms with E-state index in [0.29, 0.717) is 44.9 Å². The Hall–Kier alpha value is -2.77. The smallest absolute Gasteiger partial charge is 0.280 e. The molecule has 0 N–H and O–H groups in total. The topological polar surface area (TPSA) is 58.6 Å². The van der Waals surface area contributed by atoms with Crippen molar-refractivity contribution in [2.45, 2.75) is 39.3 Å². The van der Waals surface area contributed by atoms with Gasteiger partial charge in [-0.1, -0.05) is 0 Å². The third-order valence-electron chi connectivity index (χ3n) is 6.23. The van der Waals surface area contributed by atoms with Crippen molar-refractivity contribution < 1.29 is 18.3 Å². The van der Waals surface area contributed by atoms with Gasteiger partial charge in [0.25, 0.3) is 6.43 Å². The van der Waals surface area contributed by atoms with Crippen LogP contribution in [-0.4, -0.2) is 40.5 Å². The number of rotatable bonds is 3. The van der Waals surface area contributed by atoms with E-state index in [1.54, 1.807) is 6.07 Å². The Labute approximate surface area is 167 Å². The summed E-state index contributed by atoms with van der Waals surface area (Å²) in [4.78, 5) is 25.4. The van der Waals surface area contributed by atoms with Gasteiger partial charge in [0.05, 0.1) is 24.8 Å². The molecule has 8 heteroatoms. The molecule has 0 aliphatic carbocycles. The Morgan fingerprint density at radius 3 is 3.00 bits per heavy atom. The predicted octanol–water partition coefficient (Wildman–Crippen LogP) is 3.03. The number of alkyl halides is 2. The summed E-state index contributed by atoms with van der Waals surface area (Å²) < 4.78 is 31.5. The first-order valence-electron chi connectivity index (χ1n) is 9.93. The lowest BCUT2D eigenvalue weighted by molar-refractivity contribution is -0.135. The molecule has 29 heavy (non-hydrogen) atoms. The minimum atomic E-state index is -2.60. The van der Waals surface area contributed by atoms with Crippen LogP contribution in [0, 0.1) is 12.8 Å². The van der Waals surface area contributed by atoms with Gasteiger partial charge >= 0.3 is 0 Å². The van der Waals surface area contributed by atoms with Gasteiger partial charge in [-0.05, 0) is 36.6 Å². The Morgan fingerprint density at radius 1 is 1.31 bits per heavy atom. The monoisotopic (exact) mass is 400 g/mol. The average Bonchev–Trinajstić information content (AvgIpc) is 3.47. The number of pyridine rings is 2. The van der Waals surface area contributed by atoms with Crippen LogP contribution in [0.3, 0.4) is 0 Å². The fraction of sp³-hybridized carbons (Fsp3) is 0.476. The second kappa shape index (κ2) is 6.93. The van der Waals surface area contributed by atoms with Crippen molar-refractivity contribution in [1.29, 1.82) is 0 Å². The molecule has 0 aromatic carbocycles. The Kier molecular flexibility index (Phi) is 4.37. The molecule has 152 valence electrons. The van der Waals surface area contributed by atoms with Crippen molar-refractivity contribution in [2.24, 2.45) is 5.92 Å². The summed E-state index contributed by atoms with van der Waals surface area (Å²) in [7, 11) is 0. The average molecular weight is 400 g/mol. The number of hydrogen-bond acceptors (Lipinski definition) is 5. The number of fused-ring (bicyclic) bond motifs is 2. The number of aromatic nitrogens is 2. The highest BCUT2D eigenvalue weighted by Gasteiger charge is 2.36. The summed E-state index contributed by atoms with van der Waals surface area (Å²) in [5.41, 5.74) is 4.90. The molecule has 2 aromatic heterocycles. The maximum absolute atomic E-state index is 13.1. The van der Waals surface area contributed by atoms with E-state index >= 15 is 0 Å². The zero-order chi connectivity index (χ0) is 20.1. The number of ether oxygens (including phenoxy) is 1. The zero-order valence-electron chi connectivity index (χ0n) is 16.2. The highest BCUT2D eigenvalue weighted by Crippen LogP contribution is 2.36. The van der Waals surface area contributed by atoms with E-state index in [9.17, 15) is 13.6 Å². The molecule has 3 aliphatic heterocycles. The molecule has 5 heterocycles. The predicted molar refractivity (Wildman–Crippen MR) is 102 cm³/mol. The SMILES string of the molecule is Cc1c2c(nc3c1CCO3)CN(C(=O)[C@@H]1CCN(c3ccnc(C(F)F)c3)C1)C2. The summed E-state index contributed by atoms with van der Waals surface area (Å²) in [5, 5.41) is 0. The van der Waals surface area contributed by atoms with E-state index in [0.717, 1.165) is 29.1 Å². The van der Waals surface area contributed by atoms with E-state index in [1.165, 1.54) is 17.8 Å². The second-order valence-electron chi connectivity index (χ2n) is 7.91. The lowest BCUT2D eigenvalue weighted by Gasteiger charge is -2.22. The first-order chi connectivity index (χ1) is 14.0. The van der Waals surface area contributed by atoms with Gasteiger partial charge in [0.15, 0.2) is 0 Å². The van der Waals surface area contributed by atoms with Crippen molar-refractivity contribution in [3.05, 3.63) is 46.4 Å². The fourth-order valence-electron chi connectivity index (χ4n) is 4.61. The molecule has 6 nitrogen and oxygen atoms in total. The molecular weight excluding hydrogens is 378 g/mol. The molecular formula is C21H22F2N4O2. The summed E-state index contributed by atoms with van der Waals surface area (Å²) >= 11 is 0. The minimum absolute atomic E-state index is 0.106. The van der Waals surface area contributed by atoms with Gasteiger partial charge in [-0.25, -0.2) is 13.8 Å². The van der Waals surface area contributed by atoms with Gasteiger partial charge in [0, 0.05) is 43.5 Å². The van der Waals surface area contributed by atoms with Gasteiger partial charge in [-0.15, -0.1) is 0 Å². The Balaban J connectivity index is 1.29. The Bertz CT molecular complexity index is 981. The van der Waals surface area contributed by atoms with E-state index in [4.69, 9.17) is 4.74 Å².